The summed E-state index contributed by atoms with van der Waals surface area (Å²) in [6.07, 6.45) is 0.0694. The van der Waals surface area contributed by atoms with Crippen molar-refractivity contribution < 1.29 is 23.8 Å². The lowest BCUT2D eigenvalue weighted by molar-refractivity contribution is -0.144. The summed E-state index contributed by atoms with van der Waals surface area (Å²) in [6.45, 7) is 0.353. The van der Waals surface area contributed by atoms with E-state index in [4.69, 9.17) is 9.47 Å². The van der Waals surface area contributed by atoms with Gasteiger partial charge in [0.15, 0.2) is 0 Å². The minimum absolute atomic E-state index is 0.0235. The van der Waals surface area contributed by atoms with E-state index in [1.165, 1.54) is 13.2 Å². The molecule has 1 atom stereocenters. The third-order valence-electron chi connectivity index (χ3n) is 3.51. The number of benzene rings is 2. The molecular formula is C18H19FO4. The zero-order valence-corrected chi connectivity index (χ0v) is 12.9. The lowest BCUT2D eigenvalue weighted by atomic mass is 9.99. The Morgan fingerprint density at radius 3 is 2.57 bits per heavy atom. The van der Waals surface area contributed by atoms with Gasteiger partial charge in [0, 0.05) is 6.07 Å². The zero-order valence-electron chi connectivity index (χ0n) is 12.9. The smallest absolute Gasteiger partial charge is 0.309 e. The Morgan fingerprint density at radius 1 is 1.22 bits per heavy atom. The Kier molecular flexibility index (Phi) is 6.11. The molecule has 0 heterocycles. The van der Waals surface area contributed by atoms with Gasteiger partial charge in [-0.2, -0.15) is 0 Å². The number of carboxylic acid groups (broad SMARTS) is 1. The van der Waals surface area contributed by atoms with Crippen molar-refractivity contribution in [3.63, 3.8) is 0 Å². The molecule has 2 aromatic carbocycles. The summed E-state index contributed by atoms with van der Waals surface area (Å²) in [7, 11) is 1.45. The third-order valence-corrected chi connectivity index (χ3v) is 3.51. The summed E-state index contributed by atoms with van der Waals surface area (Å²) in [5, 5.41) is 9.30. The van der Waals surface area contributed by atoms with Gasteiger partial charge in [-0.1, -0.05) is 36.4 Å². The highest BCUT2D eigenvalue weighted by molar-refractivity contribution is 5.70. The molecule has 1 unspecified atom stereocenters. The minimum Gasteiger partial charge on any atom is -0.497 e. The number of carboxylic acids is 1. The lowest BCUT2D eigenvalue weighted by Gasteiger charge is -2.14. The van der Waals surface area contributed by atoms with Crippen molar-refractivity contribution in [3.8, 4) is 5.75 Å². The second kappa shape index (κ2) is 8.29. The van der Waals surface area contributed by atoms with Gasteiger partial charge in [0.2, 0.25) is 0 Å². The lowest BCUT2D eigenvalue weighted by Crippen LogP contribution is -2.22. The first-order valence-corrected chi connectivity index (χ1v) is 7.27. The molecule has 0 aliphatic rings. The fourth-order valence-corrected chi connectivity index (χ4v) is 2.20. The van der Waals surface area contributed by atoms with E-state index in [1.807, 2.05) is 30.3 Å². The molecule has 0 bridgehead atoms. The maximum absolute atomic E-state index is 13.9. The van der Waals surface area contributed by atoms with Crippen LogP contribution in [0.5, 0.6) is 5.75 Å². The first-order valence-electron chi connectivity index (χ1n) is 7.27. The number of aliphatic carboxylic acids is 1. The third kappa shape index (κ3) is 5.07. The number of halogens is 1. The van der Waals surface area contributed by atoms with Crippen LogP contribution >= 0.6 is 0 Å². The van der Waals surface area contributed by atoms with Crippen LogP contribution in [0.3, 0.4) is 0 Å². The average Bonchev–Trinajstić information content (AvgIpc) is 2.56. The molecule has 122 valence electrons. The molecule has 0 saturated carbocycles. The van der Waals surface area contributed by atoms with Crippen LogP contribution in [-0.2, 0) is 22.6 Å². The molecule has 23 heavy (non-hydrogen) atoms. The van der Waals surface area contributed by atoms with E-state index in [-0.39, 0.29) is 13.0 Å². The number of ether oxygens (including phenoxy) is 2. The van der Waals surface area contributed by atoms with Crippen LogP contribution in [-0.4, -0.2) is 24.8 Å². The Hall–Kier alpha value is -2.40. The highest BCUT2D eigenvalue weighted by Crippen LogP contribution is 2.19. The highest BCUT2D eigenvalue weighted by atomic mass is 19.1. The first-order chi connectivity index (χ1) is 11.1. The molecule has 5 heteroatoms. The molecule has 0 aliphatic carbocycles. The minimum atomic E-state index is -1.01. The van der Waals surface area contributed by atoms with Gasteiger partial charge in [-0.15, -0.1) is 0 Å². The van der Waals surface area contributed by atoms with Gasteiger partial charge < -0.3 is 14.6 Å². The SMILES string of the molecule is COc1ccc(CC(COCc2ccccc2)C(=O)O)c(F)c1. The number of methoxy groups -OCH3 is 1. The summed E-state index contributed by atoms with van der Waals surface area (Å²) in [4.78, 5) is 11.4. The molecule has 4 nitrogen and oxygen atoms in total. The fourth-order valence-electron chi connectivity index (χ4n) is 2.20. The van der Waals surface area contributed by atoms with Crippen molar-refractivity contribution in [2.24, 2.45) is 5.92 Å². The maximum atomic E-state index is 13.9. The van der Waals surface area contributed by atoms with Gasteiger partial charge in [0.05, 0.1) is 26.2 Å². The van der Waals surface area contributed by atoms with Crippen molar-refractivity contribution >= 4 is 5.97 Å². The van der Waals surface area contributed by atoms with Crippen molar-refractivity contribution in [1.29, 1.82) is 0 Å². The molecule has 0 fully saturated rings. The molecular weight excluding hydrogens is 299 g/mol. The van der Waals surface area contributed by atoms with E-state index in [0.29, 0.717) is 17.9 Å². The summed E-state index contributed by atoms with van der Waals surface area (Å²) in [6, 6.07) is 13.9. The quantitative estimate of drug-likeness (QED) is 0.811. The molecule has 0 amide bonds. The monoisotopic (exact) mass is 318 g/mol. The number of hydrogen-bond donors (Lipinski definition) is 1. The van der Waals surface area contributed by atoms with Gasteiger partial charge in [-0.3, -0.25) is 4.79 Å². The molecule has 2 aromatic rings. The highest BCUT2D eigenvalue weighted by Gasteiger charge is 2.20. The van der Waals surface area contributed by atoms with Gasteiger partial charge in [0.25, 0.3) is 0 Å². The van der Waals surface area contributed by atoms with Crippen molar-refractivity contribution in [3.05, 3.63) is 65.5 Å². The Balaban J connectivity index is 1.95. The Labute approximate surface area is 134 Å². The van der Waals surface area contributed by atoms with Crippen molar-refractivity contribution in [1.82, 2.24) is 0 Å². The second-order valence-electron chi connectivity index (χ2n) is 5.20. The maximum Gasteiger partial charge on any atom is 0.309 e. The number of rotatable bonds is 8. The van der Waals surface area contributed by atoms with Crippen LogP contribution < -0.4 is 4.74 Å². The van der Waals surface area contributed by atoms with Gasteiger partial charge in [-0.25, -0.2) is 4.39 Å². The van der Waals surface area contributed by atoms with Gasteiger partial charge in [0.1, 0.15) is 11.6 Å². The van der Waals surface area contributed by atoms with Crippen LogP contribution in [0.25, 0.3) is 0 Å². The number of hydrogen-bond acceptors (Lipinski definition) is 3. The van der Waals surface area contributed by atoms with Crippen LogP contribution in [0.2, 0.25) is 0 Å². The zero-order chi connectivity index (χ0) is 16.7. The van der Waals surface area contributed by atoms with Crippen molar-refractivity contribution in [2.75, 3.05) is 13.7 Å². The van der Waals surface area contributed by atoms with Crippen molar-refractivity contribution in [2.45, 2.75) is 13.0 Å². The molecule has 0 aliphatic heterocycles. The van der Waals surface area contributed by atoms with E-state index in [0.717, 1.165) is 5.56 Å². The van der Waals surface area contributed by atoms with E-state index < -0.39 is 17.7 Å². The predicted molar refractivity (Wildman–Crippen MR) is 83.9 cm³/mol. The molecule has 0 spiro atoms. The topological polar surface area (TPSA) is 55.8 Å². The van der Waals surface area contributed by atoms with E-state index in [2.05, 4.69) is 0 Å². The molecule has 0 saturated heterocycles. The van der Waals surface area contributed by atoms with Crippen LogP contribution in [0, 0.1) is 11.7 Å². The molecule has 0 radical (unpaired) electrons. The normalized spacial score (nSPS) is 11.9. The molecule has 1 N–H and O–H groups in total. The standard InChI is InChI=1S/C18H19FO4/c1-22-16-8-7-14(17(19)10-16)9-15(18(20)21)12-23-11-13-5-3-2-4-6-13/h2-8,10,15H,9,11-12H2,1H3,(H,20,21). The second-order valence-corrected chi connectivity index (χ2v) is 5.20. The fraction of sp³-hybridized carbons (Fsp3) is 0.278. The summed E-state index contributed by atoms with van der Waals surface area (Å²) < 4.78 is 24.3. The first kappa shape index (κ1) is 17.0. The van der Waals surface area contributed by atoms with E-state index in [1.54, 1.807) is 12.1 Å². The Morgan fingerprint density at radius 2 is 1.96 bits per heavy atom. The average molecular weight is 318 g/mol. The van der Waals surface area contributed by atoms with Gasteiger partial charge in [-0.05, 0) is 23.6 Å². The molecule has 0 aromatic heterocycles. The predicted octanol–water partition coefficient (Wildman–Crippen LogP) is 3.29. The van der Waals surface area contributed by atoms with Crippen LogP contribution in [0.1, 0.15) is 11.1 Å². The number of carbonyl (C=O) groups is 1. The Bertz CT molecular complexity index is 643. The van der Waals surface area contributed by atoms with E-state index >= 15 is 0 Å². The summed E-state index contributed by atoms with van der Waals surface area (Å²) in [5.74, 6) is -1.88. The van der Waals surface area contributed by atoms with Gasteiger partial charge >= 0.3 is 5.97 Å². The summed E-state index contributed by atoms with van der Waals surface area (Å²) >= 11 is 0. The van der Waals surface area contributed by atoms with E-state index in [9.17, 15) is 14.3 Å². The van der Waals surface area contributed by atoms with Crippen LogP contribution in [0.4, 0.5) is 4.39 Å². The molecule has 2 rings (SSSR count). The van der Waals surface area contributed by atoms with Crippen LogP contribution in [0.15, 0.2) is 48.5 Å². The summed E-state index contributed by atoms with van der Waals surface area (Å²) in [5.41, 5.74) is 1.30. The largest absolute Gasteiger partial charge is 0.497 e.